The number of nitrogens with zero attached hydrogens (tertiary/aromatic N) is 1. The Morgan fingerprint density at radius 2 is 2.30 bits per heavy atom. The van der Waals surface area contributed by atoms with E-state index in [2.05, 4.69) is 5.32 Å². The Morgan fingerprint density at radius 1 is 1.70 bits per heavy atom. The highest BCUT2D eigenvalue weighted by atomic mass is 16.4. The minimum absolute atomic E-state index is 0.500. The zero-order valence-corrected chi connectivity index (χ0v) is 6.42. The minimum Gasteiger partial charge on any atom is -0.465 e. The predicted molar refractivity (Wildman–Crippen MR) is 39.2 cm³/mol. The summed E-state index contributed by atoms with van der Waals surface area (Å²) in [5.74, 6) is 0. The van der Waals surface area contributed by atoms with Crippen LogP contribution in [0.1, 0.15) is 6.92 Å². The summed E-state index contributed by atoms with van der Waals surface area (Å²) in [5, 5.41) is 10.5. The smallest absolute Gasteiger partial charge is 0.404 e. The van der Waals surface area contributed by atoms with Gasteiger partial charge in [-0.25, -0.2) is 4.79 Å². The van der Waals surface area contributed by atoms with E-state index in [1.165, 1.54) is 0 Å². The molecule has 0 saturated heterocycles. The Balaban J connectivity index is 3.11. The van der Waals surface area contributed by atoms with Gasteiger partial charge in [0, 0.05) is 13.1 Å². The largest absolute Gasteiger partial charge is 0.465 e. The normalized spacial score (nSPS) is 9.90. The molecule has 4 heteroatoms. The second-order valence-corrected chi connectivity index (χ2v) is 2.13. The summed E-state index contributed by atoms with van der Waals surface area (Å²) in [4.78, 5) is 12.0. The highest BCUT2D eigenvalue weighted by Crippen LogP contribution is 1.76. The van der Waals surface area contributed by atoms with E-state index in [4.69, 9.17) is 5.11 Å². The molecule has 0 spiro atoms. The Kier molecular flexibility index (Phi) is 4.66. The first-order valence-corrected chi connectivity index (χ1v) is 3.32. The fourth-order valence-electron chi connectivity index (χ4n) is 0.512. The van der Waals surface area contributed by atoms with Gasteiger partial charge in [0.05, 0.1) is 0 Å². The van der Waals surface area contributed by atoms with Crippen LogP contribution in [0, 0.1) is 0 Å². The van der Waals surface area contributed by atoms with Crippen LogP contribution in [0.25, 0.3) is 0 Å². The average Bonchev–Trinajstić information content (AvgIpc) is 1.87. The van der Waals surface area contributed by atoms with Gasteiger partial charge in [-0.05, 0) is 13.6 Å². The fraction of sp³-hybridized carbons (Fsp3) is 0.833. The zero-order chi connectivity index (χ0) is 7.98. The summed E-state index contributed by atoms with van der Waals surface area (Å²) < 4.78 is 0. The fourth-order valence-corrected chi connectivity index (χ4v) is 0.512. The summed E-state index contributed by atoms with van der Waals surface area (Å²) in [6.45, 7) is 4.24. The van der Waals surface area contributed by atoms with Crippen molar-refractivity contribution in [1.29, 1.82) is 0 Å². The Labute approximate surface area is 60.8 Å². The van der Waals surface area contributed by atoms with Gasteiger partial charge in [-0.1, -0.05) is 6.92 Å². The van der Waals surface area contributed by atoms with E-state index in [1.54, 1.807) is 0 Å². The second kappa shape index (κ2) is 5.05. The lowest BCUT2D eigenvalue weighted by atomic mass is 10.5. The number of hydrogen-bond donors (Lipinski definition) is 2. The van der Waals surface area contributed by atoms with Gasteiger partial charge >= 0.3 is 6.09 Å². The number of carbonyl (C=O) groups is 1. The maximum Gasteiger partial charge on any atom is 0.404 e. The molecule has 0 aliphatic heterocycles. The Hall–Kier alpha value is -0.770. The molecule has 0 saturated carbocycles. The number of nitrogens with one attached hydrogen (secondary N) is 1. The number of rotatable bonds is 4. The molecule has 0 aromatic carbocycles. The predicted octanol–water partition coefficient (Wildman–Crippen LogP) is 0.206. The third kappa shape index (κ3) is 5.37. The van der Waals surface area contributed by atoms with Crippen LogP contribution in [0.3, 0.4) is 0 Å². The third-order valence-electron chi connectivity index (χ3n) is 1.31. The molecule has 0 fully saturated rings. The third-order valence-corrected chi connectivity index (χ3v) is 1.31. The first-order chi connectivity index (χ1) is 4.66. The van der Waals surface area contributed by atoms with Gasteiger partial charge in [-0.15, -0.1) is 0 Å². The van der Waals surface area contributed by atoms with E-state index >= 15 is 0 Å². The molecule has 0 aromatic rings. The SMILES string of the molecule is CCN(C)CCNC(=O)O. The molecule has 0 radical (unpaired) electrons. The zero-order valence-electron chi connectivity index (χ0n) is 6.42. The molecule has 4 nitrogen and oxygen atoms in total. The van der Waals surface area contributed by atoms with Crippen molar-refractivity contribution in [3.05, 3.63) is 0 Å². The lowest BCUT2D eigenvalue weighted by molar-refractivity contribution is 0.192. The van der Waals surface area contributed by atoms with Gasteiger partial charge < -0.3 is 15.3 Å². The van der Waals surface area contributed by atoms with Crippen LogP contribution in [0.5, 0.6) is 0 Å². The molecule has 2 N–H and O–H groups in total. The second-order valence-electron chi connectivity index (χ2n) is 2.13. The van der Waals surface area contributed by atoms with Crippen LogP contribution >= 0.6 is 0 Å². The first-order valence-electron chi connectivity index (χ1n) is 3.32. The van der Waals surface area contributed by atoms with E-state index in [-0.39, 0.29) is 0 Å². The molecule has 0 rings (SSSR count). The lowest BCUT2D eigenvalue weighted by Gasteiger charge is -2.12. The number of likely N-dealkylation sites (N-methyl/N-ethyl adjacent to an activating group) is 1. The van der Waals surface area contributed by atoms with Gasteiger partial charge in [0.2, 0.25) is 0 Å². The maximum atomic E-state index is 9.94. The highest BCUT2D eigenvalue weighted by molar-refractivity contribution is 5.64. The lowest BCUT2D eigenvalue weighted by Crippen LogP contribution is -2.31. The van der Waals surface area contributed by atoms with Gasteiger partial charge in [0.25, 0.3) is 0 Å². The van der Waals surface area contributed by atoms with Crippen LogP contribution in [0.4, 0.5) is 4.79 Å². The minimum atomic E-state index is -0.954. The molecule has 0 bridgehead atoms. The van der Waals surface area contributed by atoms with E-state index in [9.17, 15) is 4.79 Å². The molecule has 0 aliphatic carbocycles. The highest BCUT2D eigenvalue weighted by Gasteiger charge is 1.95. The van der Waals surface area contributed by atoms with Crippen LogP contribution in [-0.2, 0) is 0 Å². The van der Waals surface area contributed by atoms with Crippen LogP contribution in [-0.4, -0.2) is 42.8 Å². The van der Waals surface area contributed by atoms with Gasteiger partial charge in [0.1, 0.15) is 0 Å². The van der Waals surface area contributed by atoms with Crippen molar-refractivity contribution in [1.82, 2.24) is 10.2 Å². The monoisotopic (exact) mass is 146 g/mol. The van der Waals surface area contributed by atoms with Gasteiger partial charge in [0.15, 0.2) is 0 Å². The van der Waals surface area contributed by atoms with Crippen LogP contribution in [0.15, 0.2) is 0 Å². The van der Waals surface area contributed by atoms with Crippen molar-refractivity contribution in [2.24, 2.45) is 0 Å². The standard InChI is InChI=1S/C6H14N2O2/c1-3-8(2)5-4-7-6(9)10/h7H,3-5H2,1-2H3,(H,9,10). The molecular formula is C6H14N2O2. The first kappa shape index (κ1) is 9.23. The number of carboxylic acid groups (broad SMARTS) is 1. The Bertz CT molecular complexity index is 106. The summed E-state index contributed by atoms with van der Waals surface area (Å²) >= 11 is 0. The summed E-state index contributed by atoms with van der Waals surface area (Å²) in [7, 11) is 1.95. The van der Waals surface area contributed by atoms with Crippen molar-refractivity contribution >= 4 is 6.09 Å². The van der Waals surface area contributed by atoms with Gasteiger partial charge in [-0.3, -0.25) is 0 Å². The molecule has 0 aliphatic rings. The van der Waals surface area contributed by atoms with E-state index < -0.39 is 6.09 Å². The molecule has 0 heterocycles. The molecule has 10 heavy (non-hydrogen) atoms. The number of hydrogen-bond acceptors (Lipinski definition) is 2. The molecule has 0 aromatic heterocycles. The van der Waals surface area contributed by atoms with E-state index in [0.717, 1.165) is 13.1 Å². The summed E-state index contributed by atoms with van der Waals surface area (Å²) in [6, 6.07) is 0. The Morgan fingerprint density at radius 3 is 2.70 bits per heavy atom. The van der Waals surface area contributed by atoms with Crippen molar-refractivity contribution in [2.75, 3.05) is 26.7 Å². The van der Waals surface area contributed by atoms with Crippen LogP contribution < -0.4 is 5.32 Å². The van der Waals surface area contributed by atoms with Crippen LogP contribution in [0.2, 0.25) is 0 Å². The molecule has 0 unspecified atom stereocenters. The van der Waals surface area contributed by atoms with Crippen molar-refractivity contribution in [3.8, 4) is 0 Å². The van der Waals surface area contributed by atoms with E-state index in [0.29, 0.717) is 6.54 Å². The quantitative estimate of drug-likeness (QED) is 0.596. The average molecular weight is 146 g/mol. The topological polar surface area (TPSA) is 52.6 Å². The molecule has 60 valence electrons. The van der Waals surface area contributed by atoms with Crippen molar-refractivity contribution in [2.45, 2.75) is 6.92 Å². The summed E-state index contributed by atoms with van der Waals surface area (Å²) in [5.41, 5.74) is 0. The maximum absolute atomic E-state index is 9.94. The van der Waals surface area contributed by atoms with Gasteiger partial charge in [-0.2, -0.15) is 0 Å². The molecule has 1 amide bonds. The molecular weight excluding hydrogens is 132 g/mol. The van der Waals surface area contributed by atoms with E-state index in [1.807, 2.05) is 18.9 Å². The number of amides is 1. The van der Waals surface area contributed by atoms with Crippen molar-refractivity contribution in [3.63, 3.8) is 0 Å². The van der Waals surface area contributed by atoms with Crippen molar-refractivity contribution < 1.29 is 9.90 Å². The summed E-state index contributed by atoms with van der Waals surface area (Å²) in [6.07, 6.45) is -0.954. The molecule has 0 atom stereocenters.